The first-order chi connectivity index (χ1) is 11.4. The third-order valence-electron chi connectivity index (χ3n) is 3.44. The Morgan fingerprint density at radius 2 is 1.92 bits per heavy atom. The summed E-state index contributed by atoms with van der Waals surface area (Å²) < 4.78 is 5.44. The third-order valence-corrected chi connectivity index (χ3v) is 4.04. The van der Waals surface area contributed by atoms with Crippen LogP contribution < -0.4 is 10.2 Å². The number of aryl methyl sites for hydroxylation is 3. The summed E-state index contributed by atoms with van der Waals surface area (Å²) in [5.74, 6) is 0.312. The molecule has 6 heteroatoms. The largest absolute Gasteiger partial charge is 0.507 e. The van der Waals surface area contributed by atoms with Gasteiger partial charge in [-0.25, -0.2) is 5.43 Å². The molecule has 2 rings (SSSR count). The zero-order chi connectivity index (χ0) is 17.7. The van der Waals surface area contributed by atoms with Gasteiger partial charge in [0.2, 0.25) is 0 Å². The van der Waals surface area contributed by atoms with Crippen LogP contribution in [0.4, 0.5) is 0 Å². The number of halogens is 1. The molecule has 0 aliphatic heterocycles. The normalized spacial score (nSPS) is 10.8. The van der Waals surface area contributed by atoms with Gasteiger partial charge in [0.15, 0.2) is 6.61 Å². The van der Waals surface area contributed by atoms with Gasteiger partial charge in [0.25, 0.3) is 5.91 Å². The molecule has 5 nitrogen and oxygen atoms in total. The second kappa shape index (κ2) is 7.84. The number of phenols is 1. The number of ether oxygens (including phenoxy) is 1. The number of carbonyl (C=O) groups excluding carboxylic acids is 1. The standard InChI is InChI=1S/C18H19ClN2O3/c1-11-5-4-6-14(18(11)23)9-20-21-16(22)10-24-15-7-12(2)17(19)13(3)8-15/h4-9,23H,10H2,1-3H3,(H,21,22)/b20-9+. The summed E-state index contributed by atoms with van der Waals surface area (Å²) in [5.41, 5.74) is 5.40. The minimum atomic E-state index is -0.399. The number of hydrazone groups is 1. The van der Waals surface area contributed by atoms with Crippen molar-refractivity contribution in [2.75, 3.05) is 6.61 Å². The summed E-state index contributed by atoms with van der Waals surface area (Å²) in [7, 11) is 0. The highest BCUT2D eigenvalue weighted by atomic mass is 35.5. The van der Waals surface area contributed by atoms with Crippen LogP contribution in [0, 0.1) is 20.8 Å². The second-order valence-electron chi connectivity index (χ2n) is 5.47. The summed E-state index contributed by atoms with van der Waals surface area (Å²) in [6, 6.07) is 8.84. The molecule has 0 aliphatic rings. The van der Waals surface area contributed by atoms with Gasteiger partial charge in [-0.1, -0.05) is 23.7 Å². The Labute approximate surface area is 145 Å². The Bertz CT molecular complexity index is 765. The van der Waals surface area contributed by atoms with Gasteiger partial charge < -0.3 is 9.84 Å². The van der Waals surface area contributed by atoms with Gasteiger partial charge in [-0.2, -0.15) is 5.10 Å². The molecule has 2 N–H and O–H groups in total. The highest BCUT2D eigenvalue weighted by Crippen LogP contribution is 2.25. The fourth-order valence-electron chi connectivity index (χ4n) is 2.13. The minimum absolute atomic E-state index is 0.138. The molecule has 0 fully saturated rings. The second-order valence-corrected chi connectivity index (χ2v) is 5.84. The van der Waals surface area contributed by atoms with Crippen molar-refractivity contribution < 1.29 is 14.6 Å². The van der Waals surface area contributed by atoms with Crippen LogP contribution in [0.3, 0.4) is 0 Å². The number of hydrogen-bond donors (Lipinski definition) is 2. The average molecular weight is 347 g/mol. The topological polar surface area (TPSA) is 70.9 Å². The van der Waals surface area contributed by atoms with Crippen molar-refractivity contribution in [1.82, 2.24) is 5.43 Å². The van der Waals surface area contributed by atoms with E-state index in [0.29, 0.717) is 16.3 Å². The Balaban J connectivity index is 1.90. The van der Waals surface area contributed by atoms with Crippen molar-refractivity contribution in [2.24, 2.45) is 5.10 Å². The van der Waals surface area contributed by atoms with E-state index in [4.69, 9.17) is 16.3 Å². The van der Waals surface area contributed by atoms with Gasteiger partial charge in [-0.05, 0) is 55.7 Å². The lowest BCUT2D eigenvalue weighted by Gasteiger charge is -2.09. The molecule has 0 aliphatic carbocycles. The monoisotopic (exact) mass is 346 g/mol. The van der Waals surface area contributed by atoms with Crippen molar-refractivity contribution in [3.05, 3.63) is 57.6 Å². The fraction of sp³-hybridized carbons (Fsp3) is 0.222. The summed E-state index contributed by atoms with van der Waals surface area (Å²) in [4.78, 5) is 11.8. The van der Waals surface area contributed by atoms with Crippen LogP contribution in [0.15, 0.2) is 35.4 Å². The SMILES string of the molecule is Cc1cccc(/C=N/NC(=O)COc2cc(C)c(Cl)c(C)c2)c1O. The molecule has 126 valence electrons. The van der Waals surface area contributed by atoms with Crippen LogP contribution >= 0.6 is 11.6 Å². The van der Waals surface area contributed by atoms with Crippen LogP contribution in [0.25, 0.3) is 0 Å². The zero-order valence-electron chi connectivity index (χ0n) is 13.8. The van der Waals surface area contributed by atoms with Crippen molar-refractivity contribution in [2.45, 2.75) is 20.8 Å². The van der Waals surface area contributed by atoms with Crippen LogP contribution in [-0.4, -0.2) is 23.8 Å². The van der Waals surface area contributed by atoms with Crippen LogP contribution in [-0.2, 0) is 4.79 Å². The highest BCUT2D eigenvalue weighted by Gasteiger charge is 2.06. The third kappa shape index (κ3) is 4.49. The van der Waals surface area contributed by atoms with Crippen LogP contribution in [0.2, 0.25) is 5.02 Å². The molecule has 0 unspecified atom stereocenters. The molecule has 24 heavy (non-hydrogen) atoms. The smallest absolute Gasteiger partial charge is 0.277 e. The Morgan fingerprint density at radius 3 is 2.58 bits per heavy atom. The summed E-state index contributed by atoms with van der Waals surface area (Å²) >= 11 is 6.09. The number of nitrogens with zero attached hydrogens (tertiary/aromatic N) is 1. The maximum Gasteiger partial charge on any atom is 0.277 e. The Hall–Kier alpha value is -2.53. The maximum absolute atomic E-state index is 11.8. The molecule has 0 spiro atoms. The molecule has 0 atom stereocenters. The number of benzene rings is 2. The van der Waals surface area contributed by atoms with E-state index in [2.05, 4.69) is 10.5 Å². The first-order valence-electron chi connectivity index (χ1n) is 7.38. The number of para-hydroxylation sites is 1. The van der Waals surface area contributed by atoms with Gasteiger partial charge in [-0.3, -0.25) is 4.79 Å². The molecule has 2 aromatic carbocycles. The summed E-state index contributed by atoms with van der Waals surface area (Å²) in [6.07, 6.45) is 1.39. The predicted octanol–water partition coefficient (Wildman–Crippen LogP) is 3.50. The van der Waals surface area contributed by atoms with Gasteiger partial charge in [0.05, 0.1) is 6.21 Å². The van der Waals surface area contributed by atoms with Crippen molar-refractivity contribution in [3.8, 4) is 11.5 Å². The molecule has 0 bridgehead atoms. The summed E-state index contributed by atoms with van der Waals surface area (Å²) in [6.45, 7) is 5.37. The van der Waals surface area contributed by atoms with E-state index in [1.54, 1.807) is 37.3 Å². The van der Waals surface area contributed by atoms with Crippen LogP contribution in [0.1, 0.15) is 22.3 Å². The molecule has 0 aromatic heterocycles. The lowest BCUT2D eigenvalue weighted by molar-refractivity contribution is -0.123. The van der Waals surface area contributed by atoms with Gasteiger partial charge in [-0.15, -0.1) is 0 Å². The van der Waals surface area contributed by atoms with E-state index in [1.165, 1.54) is 6.21 Å². The van der Waals surface area contributed by atoms with E-state index in [-0.39, 0.29) is 12.4 Å². The molecule has 0 radical (unpaired) electrons. The van der Waals surface area contributed by atoms with E-state index in [9.17, 15) is 9.90 Å². The number of amides is 1. The number of aromatic hydroxyl groups is 1. The number of hydrogen-bond acceptors (Lipinski definition) is 4. The van der Waals surface area contributed by atoms with Crippen molar-refractivity contribution >= 4 is 23.7 Å². The van der Waals surface area contributed by atoms with E-state index in [0.717, 1.165) is 16.7 Å². The van der Waals surface area contributed by atoms with Crippen molar-refractivity contribution in [1.29, 1.82) is 0 Å². The van der Waals surface area contributed by atoms with Crippen molar-refractivity contribution in [3.63, 3.8) is 0 Å². The first kappa shape index (κ1) is 17.8. The minimum Gasteiger partial charge on any atom is -0.507 e. The van der Waals surface area contributed by atoms with E-state index in [1.807, 2.05) is 13.8 Å². The van der Waals surface area contributed by atoms with Gasteiger partial charge >= 0.3 is 0 Å². The number of phenolic OH excluding ortho intramolecular Hbond substituents is 1. The molecule has 0 saturated heterocycles. The Kier molecular flexibility index (Phi) is 5.82. The Morgan fingerprint density at radius 1 is 1.25 bits per heavy atom. The highest BCUT2D eigenvalue weighted by molar-refractivity contribution is 6.32. The molecule has 0 saturated carbocycles. The van der Waals surface area contributed by atoms with Gasteiger partial charge in [0.1, 0.15) is 11.5 Å². The quantitative estimate of drug-likeness (QED) is 0.643. The molecule has 0 heterocycles. The summed E-state index contributed by atoms with van der Waals surface area (Å²) in [5, 5.41) is 14.4. The molecule has 1 amide bonds. The molecular weight excluding hydrogens is 328 g/mol. The van der Waals surface area contributed by atoms with E-state index < -0.39 is 5.91 Å². The molecular formula is C18H19ClN2O3. The lowest BCUT2D eigenvalue weighted by Crippen LogP contribution is -2.24. The average Bonchev–Trinajstić information content (AvgIpc) is 2.54. The van der Waals surface area contributed by atoms with Gasteiger partial charge in [0, 0.05) is 10.6 Å². The van der Waals surface area contributed by atoms with Crippen LogP contribution in [0.5, 0.6) is 11.5 Å². The maximum atomic E-state index is 11.8. The fourth-order valence-corrected chi connectivity index (χ4v) is 2.24. The number of rotatable bonds is 5. The molecule has 2 aromatic rings. The predicted molar refractivity (Wildman–Crippen MR) is 95.0 cm³/mol. The zero-order valence-corrected chi connectivity index (χ0v) is 14.5. The number of nitrogens with one attached hydrogen (secondary N) is 1. The van der Waals surface area contributed by atoms with E-state index >= 15 is 0 Å². The first-order valence-corrected chi connectivity index (χ1v) is 7.76. The number of carbonyl (C=O) groups is 1. The lowest BCUT2D eigenvalue weighted by atomic mass is 10.1.